The van der Waals surface area contributed by atoms with E-state index in [2.05, 4.69) is 10.2 Å². The van der Waals surface area contributed by atoms with Crippen LogP contribution in [0.25, 0.3) is 10.2 Å². The van der Waals surface area contributed by atoms with Crippen molar-refractivity contribution in [1.82, 2.24) is 9.97 Å². The molecule has 2 aromatic heterocycles. The number of fused-ring (bicyclic) bond motifs is 3. The van der Waals surface area contributed by atoms with Gasteiger partial charge in [-0.1, -0.05) is 0 Å². The lowest BCUT2D eigenvalue weighted by atomic mass is 9.97. The summed E-state index contributed by atoms with van der Waals surface area (Å²) in [4.78, 5) is 14.8. The Morgan fingerprint density at radius 2 is 1.90 bits per heavy atom. The smallest absolute Gasteiger partial charge is 0.228 e. The van der Waals surface area contributed by atoms with Crippen molar-refractivity contribution in [3.63, 3.8) is 0 Å². The van der Waals surface area contributed by atoms with Crippen LogP contribution in [0.2, 0.25) is 0 Å². The summed E-state index contributed by atoms with van der Waals surface area (Å²) in [5, 5.41) is 4.59. The number of thioether (sulfide) groups is 1. The van der Waals surface area contributed by atoms with E-state index in [1.807, 2.05) is 30.1 Å². The summed E-state index contributed by atoms with van der Waals surface area (Å²) >= 11 is 3.90. The first-order chi connectivity index (χ1) is 10.4. The number of aromatic nitrogens is 2. The van der Waals surface area contributed by atoms with Crippen LogP contribution in [0.4, 0.5) is 11.8 Å². The standard InChI is InChI=1S/C15H20N4S2/c1-16-13-12-10-4-2-3-5-11(10)21-14(12)18-15(17-13)19-6-8-20-9-7-19/h2-9H2,1H3,(H,16,17,18). The van der Waals surface area contributed by atoms with E-state index in [1.54, 1.807) is 0 Å². The Labute approximate surface area is 133 Å². The van der Waals surface area contributed by atoms with E-state index in [0.29, 0.717) is 0 Å². The van der Waals surface area contributed by atoms with Crippen molar-refractivity contribution in [3.8, 4) is 0 Å². The summed E-state index contributed by atoms with van der Waals surface area (Å²) in [6.07, 6.45) is 5.02. The summed E-state index contributed by atoms with van der Waals surface area (Å²) in [6.45, 7) is 2.12. The topological polar surface area (TPSA) is 41.1 Å². The molecule has 2 aliphatic rings. The highest BCUT2D eigenvalue weighted by molar-refractivity contribution is 7.99. The first-order valence-corrected chi connectivity index (χ1v) is 9.66. The van der Waals surface area contributed by atoms with Crippen LogP contribution < -0.4 is 10.2 Å². The molecule has 112 valence electrons. The molecule has 21 heavy (non-hydrogen) atoms. The maximum absolute atomic E-state index is 4.90. The summed E-state index contributed by atoms with van der Waals surface area (Å²) in [7, 11) is 1.98. The quantitative estimate of drug-likeness (QED) is 0.920. The Morgan fingerprint density at radius 3 is 2.71 bits per heavy atom. The molecular weight excluding hydrogens is 300 g/mol. The van der Waals surface area contributed by atoms with Gasteiger partial charge in [-0.2, -0.15) is 16.7 Å². The van der Waals surface area contributed by atoms with Crippen LogP contribution in [0, 0.1) is 0 Å². The predicted molar refractivity (Wildman–Crippen MR) is 93.1 cm³/mol. The van der Waals surface area contributed by atoms with E-state index in [4.69, 9.17) is 9.97 Å². The third-order valence-corrected chi connectivity index (χ3v) is 6.46. The van der Waals surface area contributed by atoms with Gasteiger partial charge in [-0.25, -0.2) is 4.98 Å². The number of hydrogen-bond acceptors (Lipinski definition) is 6. The lowest BCUT2D eigenvalue weighted by Crippen LogP contribution is -2.33. The Morgan fingerprint density at radius 1 is 1.10 bits per heavy atom. The molecule has 1 aliphatic carbocycles. The van der Waals surface area contributed by atoms with Crippen LogP contribution >= 0.6 is 23.1 Å². The molecule has 1 saturated heterocycles. The number of thiophene rings is 1. The van der Waals surface area contributed by atoms with Gasteiger partial charge in [0, 0.05) is 36.5 Å². The minimum atomic E-state index is 0.908. The zero-order valence-electron chi connectivity index (χ0n) is 12.3. The molecule has 0 aromatic carbocycles. The Bertz CT molecular complexity index is 661. The second kappa shape index (κ2) is 5.65. The van der Waals surface area contributed by atoms with E-state index in [0.717, 1.165) is 24.9 Å². The average molecular weight is 320 g/mol. The van der Waals surface area contributed by atoms with Gasteiger partial charge in [0.05, 0.1) is 5.39 Å². The van der Waals surface area contributed by atoms with E-state index >= 15 is 0 Å². The maximum Gasteiger partial charge on any atom is 0.228 e. The van der Waals surface area contributed by atoms with Gasteiger partial charge in [-0.05, 0) is 31.2 Å². The molecule has 4 nitrogen and oxygen atoms in total. The summed E-state index contributed by atoms with van der Waals surface area (Å²) in [5.74, 6) is 4.28. The zero-order chi connectivity index (χ0) is 14.2. The summed E-state index contributed by atoms with van der Waals surface area (Å²) in [5.41, 5.74) is 1.51. The molecule has 0 amide bonds. The molecule has 0 bridgehead atoms. The Hall–Kier alpha value is -1.01. The number of rotatable bonds is 2. The van der Waals surface area contributed by atoms with Gasteiger partial charge < -0.3 is 10.2 Å². The zero-order valence-corrected chi connectivity index (χ0v) is 13.9. The fourth-order valence-corrected chi connectivity index (χ4v) is 5.39. The molecule has 0 atom stereocenters. The van der Waals surface area contributed by atoms with Crippen molar-refractivity contribution < 1.29 is 0 Å². The van der Waals surface area contributed by atoms with E-state index in [1.165, 1.54) is 57.8 Å². The van der Waals surface area contributed by atoms with Crippen LogP contribution in [0.5, 0.6) is 0 Å². The largest absolute Gasteiger partial charge is 0.372 e. The van der Waals surface area contributed by atoms with Gasteiger partial charge in [0.25, 0.3) is 0 Å². The summed E-state index contributed by atoms with van der Waals surface area (Å²) < 4.78 is 0. The number of nitrogens with zero attached hydrogens (tertiary/aromatic N) is 3. The third-order valence-electron chi connectivity index (χ3n) is 4.33. The Kier molecular flexibility index (Phi) is 3.67. The molecular formula is C15H20N4S2. The molecule has 3 heterocycles. The highest BCUT2D eigenvalue weighted by Gasteiger charge is 2.22. The van der Waals surface area contributed by atoms with Crippen LogP contribution in [0.1, 0.15) is 23.3 Å². The highest BCUT2D eigenvalue weighted by atomic mass is 32.2. The van der Waals surface area contributed by atoms with Gasteiger partial charge in [0.1, 0.15) is 10.6 Å². The van der Waals surface area contributed by atoms with E-state index < -0.39 is 0 Å². The highest BCUT2D eigenvalue weighted by Crippen LogP contribution is 2.39. The second-order valence-electron chi connectivity index (χ2n) is 5.61. The van der Waals surface area contributed by atoms with Crippen LogP contribution in [-0.4, -0.2) is 41.6 Å². The van der Waals surface area contributed by atoms with Crippen molar-refractivity contribution >= 4 is 45.1 Å². The monoisotopic (exact) mass is 320 g/mol. The van der Waals surface area contributed by atoms with E-state index in [-0.39, 0.29) is 0 Å². The maximum atomic E-state index is 4.90. The normalized spacial score (nSPS) is 18.8. The van der Waals surface area contributed by atoms with Gasteiger partial charge in [-0.3, -0.25) is 0 Å². The molecule has 0 unspecified atom stereocenters. The first kappa shape index (κ1) is 13.6. The molecule has 2 aromatic rings. The number of nitrogens with one attached hydrogen (secondary N) is 1. The molecule has 1 fully saturated rings. The second-order valence-corrected chi connectivity index (χ2v) is 7.92. The molecule has 4 rings (SSSR count). The Balaban J connectivity index is 1.83. The summed E-state index contributed by atoms with van der Waals surface area (Å²) in [6, 6.07) is 0. The number of aryl methyl sites for hydroxylation is 2. The molecule has 6 heteroatoms. The number of hydrogen-bond donors (Lipinski definition) is 1. The minimum absolute atomic E-state index is 0.908. The van der Waals surface area contributed by atoms with Gasteiger partial charge in [0.2, 0.25) is 5.95 Å². The molecule has 0 radical (unpaired) electrons. The third kappa shape index (κ3) is 2.38. The molecule has 1 aliphatic heterocycles. The average Bonchev–Trinajstić information content (AvgIpc) is 2.93. The van der Waals surface area contributed by atoms with Gasteiger partial charge in [-0.15, -0.1) is 11.3 Å². The van der Waals surface area contributed by atoms with Gasteiger partial charge >= 0.3 is 0 Å². The fraction of sp³-hybridized carbons (Fsp3) is 0.600. The van der Waals surface area contributed by atoms with Crippen molar-refractivity contribution in [3.05, 3.63) is 10.4 Å². The van der Waals surface area contributed by atoms with Crippen LogP contribution in [0.15, 0.2) is 0 Å². The molecule has 0 spiro atoms. The molecule has 1 N–H and O–H groups in total. The number of anilines is 2. The van der Waals surface area contributed by atoms with Crippen molar-refractivity contribution in [2.24, 2.45) is 0 Å². The van der Waals surface area contributed by atoms with Crippen molar-refractivity contribution in [1.29, 1.82) is 0 Å². The van der Waals surface area contributed by atoms with Crippen molar-refractivity contribution in [2.45, 2.75) is 25.7 Å². The lowest BCUT2D eigenvalue weighted by Gasteiger charge is -2.26. The van der Waals surface area contributed by atoms with Crippen molar-refractivity contribution in [2.75, 3.05) is 41.9 Å². The predicted octanol–water partition coefficient (Wildman–Crippen LogP) is 3.17. The fourth-order valence-electron chi connectivity index (χ4n) is 3.23. The minimum Gasteiger partial charge on any atom is -0.372 e. The van der Waals surface area contributed by atoms with E-state index in [9.17, 15) is 0 Å². The van der Waals surface area contributed by atoms with Gasteiger partial charge in [0.15, 0.2) is 0 Å². The van der Waals surface area contributed by atoms with Crippen LogP contribution in [-0.2, 0) is 12.8 Å². The first-order valence-electron chi connectivity index (χ1n) is 7.69. The SMILES string of the molecule is CNc1nc(N2CCSCC2)nc2sc3c(c12)CCCC3. The lowest BCUT2D eigenvalue weighted by molar-refractivity contribution is 0.700. The van der Waals surface area contributed by atoms with Crippen LogP contribution in [0.3, 0.4) is 0 Å². The molecule has 0 saturated carbocycles.